The third kappa shape index (κ3) is 4.42. The molecule has 2 aromatic rings. The van der Waals surface area contributed by atoms with E-state index in [2.05, 4.69) is 9.97 Å². The topological polar surface area (TPSA) is 84.5 Å². The SMILES string of the molecule is Cc1ccc(C)c(OC(=O)CCc2c(C)nc(N3CCOCC3)[nH]c2=O)c1C. The van der Waals surface area contributed by atoms with Crippen molar-refractivity contribution in [2.24, 2.45) is 0 Å². The monoisotopic (exact) mass is 385 g/mol. The Morgan fingerprint density at radius 1 is 1.18 bits per heavy atom. The molecule has 0 atom stereocenters. The lowest BCUT2D eigenvalue weighted by Gasteiger charge is -2.27. The van der Waals surface area contributed by atoms with Gasteiger partial charge in [-0.3, -0.25) is 14.6 Å². The first kappa shape index (κ1) is 20.1. The van der Waals surface area contributed by atoms with Crippen molar-refractivity contribution in [3.05, 3.63) is 50.4 Å². The fraction of sp³-hybridized carbons (Fsp3) is 0.476. The molecule has 28 heavy (non-hydrogen) atoms. The van der Waals surface area contributed by atoms with Gasteiger partial charge in [-0.15, -0.1) is 0 Å². The van der Waals surface area contributed by atoms with E-state index in [9.17, 15) is 9.59 Å². The predicted octanol–water partition coefficient (Wildman–Crippen LogP) is 2.38. The van der Waals surface area contributed by atoms with Crippen LogP contribution < -0.4 is 15.2 Å². The van der Waals surface area contributed by atoms with E-state index in [0.29, 0.717) is 55.7 Å². The highest BCUT2D eigenvalue weighted by atomic mass is 16.5. The molecule has 2 heterocycles. The zero-order valence-corrected chi connectivity index (χ0v) is 16.9. The van der Waals surface area contributed by atoms with E-state index in [0.717, 1.165) is 16.7 Å². The Balaban J connectivity index is 1.68. The van der Waals surface area contributed by atoms with Gasteiger partial charge >= 0.3 is 5.97 Å². The van der Waals surface area contributed by atoms with Gasteiger partial charge in [-0.25, -0.2) is 4.98 Å². The number of anilines is 1. The van der Waals surface area contributed by atoms with Crippen molar-refractivity contribution in [3.63, 3.8) is 0 Å². The number of carbonyl (C=O) groups is 1. The maximum absolute atomic E-state index is 12.5. The van der Waals surface area contributed by atoms with Gasteiger partial charge in [0, 0.05) is 24.3 Å². The Morgan fingerprint density at radius 2 is 1.86 bits per heavy atom. The van der Waals surface area contributed by atoms with E-state index in [-0.39, 0.29) is 17.9 Å². The molecule has 7 heteroatoms. The number of hydrogen-bond acceptors (Lipinski definition) is 6. The van der Waals surface area contributed by atoms with E-state index in [4.69, 9.17) is 9.47 Å². The summed E-state index contributed by atoms with van der Waals surface area (Å²) in [5.74, 6) is 0.812. The summed E-state index contributed by atoms with van der Waals surface area (Å²) in [7, 11) is 0. The van der Waals surface area contributed by atoms with Crippen LogP contribution >= 0.6 is 0 Å². The molecule has 1 N–H and O–H groups in total. The van der Waals surface area contributed by atoms with Gasteiger partial charge in [-0.1, -0.05) is 12.1 Å². The number of esters is 1. The molecule has 1 saturated heterocycles. The van der Waals surface area contributed by atoms with Crippen molar-refractivity contribution in [1.82, 2.24) is 9.97 Å². The van der Waals surface area contributed by atoms with Crippen LogP contribution in [0.1, 0.15) is 34.4 Å². The van der Waals surface area contributed by atoms with Crippen molar-refractivity contribution < 1.29 is 14.3 Å². The number of carbonyl (C=O) groups excluding carboxylic acids is 1. The summed E-state index contributed by atoms with van der Waals surface area (Å²) in [6.07, 6.45) is 0.412. The molecule has 1 aromatic carbocycles. The summed E-state index contributed by atoms with van der Waals surface area (Å²) in [5.41, 5.74) is 3.90. The van der Waals surface area contributed by atoms with Crippen LogP contribution in [0.4, 0.5) is 5.95 Å². The van der Waals surface area contributed by atoms with Crippen LogP contribution in [0.25, 0.3) is 0 Å². The number of aryl methyl sites for hydroxylation is 3. The number of rotatable bonds is 5. The Bertz CT molecular complexity index is 930. The van der Waals surface area contributed by atoms with Crippen LogP contribution in [-0.4, -0.2) is 42.2 Å². The third-order valence-electron chi connectivity index (χ3n) is 5.19. The Kier molecular flexibility index (Phi) is 6.14. The minimum Gasteiger partial charge on any atom is -0.426 e. The minimum atomic E-state index is -0.354. The normalized spacial score (nSPS) is 14.2. The standard InChI is InChI=1S/C21H27N3O4/c1-13-5-6-14(2)19(15(13)3)28-18(25)8-7-17-16(4)22-21(23-20(17)26)24-9-11-27-12-10-24/h5-6H,7-12H2,1-4H3,(H,22,23,26). The molecular weight excluding hydrogens is 358 g/mol. The second-order valence-electron chi connectivity index (χ2n) is 7.18. The van der Waals surface area contributed by atoms with Crippen LogP contribution in [0, 0.1) is 27.7 Å². The number of H-pyrrole nitrogens is 1. The smallest absolute Gasteiger partial charge is 0.311 e. The van der Waals surface area contributed by atoms with Gasteiger partial charge in [-0.2, -0.15) is 0 Å². The Labute approximate surface area is 164 Å². The predicted molar refractivity (Wildman–Crippen MR) is 107 cm³/mol. The lowest BCUT2D eigenvalue weighted by molar-refractivity contribution is -0.134. The molecule has 0 unspecified atom stereocenters. The maximum atomic E-state index is 12.5. The van der Waals surface area contributed by atoms with Gasteiger partial charge in [0.1, 0.15) is 5.75 Å². The number of nitrogens with zero attached hydrogens (tertiary/aromatic N) is 2. The Morgan fingerprint density at radius 3 is 2.54 bits per heavy atom. The second-order valence-corrected chi connectivity index (χ2v) is 7.18. The number of aromatic amines is 1. The number of aromatic nitrogens is 2. The molecule has 0 bridgehead atoms. The summed E-state index contributed by atoms with van der Waals surface area (Å²) in [6, 6.07) is 3.95. The highest BCUT2D eigenvalue weighted by Gasteiger charge is 2.18. The van der Waals surface area contributed by atoms with E-state index in [1.807, 2.05) is 37.8 Å². The van der Waals surface area contributed by atoms with Crippen molar-refractivity contribution in [2.45, 2.75) is 40.5 Å². The molecule has 0 radical (unpaired) electrons. The van der Waals surface area contributed by atoms with E-state index < -0.39 is 0 Å². The summed E-state index contributed by atoms with van der Waals surface area (Å²) >= 11 is 0. The molecule has 3 rings (SSSR count). The molecule has 1 aliphatic heterocycles. The van der Waals surface area contributed by atoms with Crippen LogP contribution in [0.2, 0.25) is 0 Å². The molecule has 0 spiro atoms. The molecule has 1 aliphatic rings. The quantitative estimate of drug-likeness (QED) is 0.628. The van der Waals surface area contributed by atoms with Gasteiger partial charge in [-0.05, 0) is 50.8 Å². The van der Waals surface area contributed by atoms with Gasteiger partial charge in [0.2, 0.25) is 5.95 Å². The van der Waals surface area contributed by atoms with Crippen LogP contribution in [-0.2, 0) is 16.0 Å². The fourth-order valence-electron chi connectivity index (χ4n) is 3.29. The van der Waals surface area contributed by atoms with E-state index in [1.54, 1.807) is 6.92 Å². The van der Waals surface area contributed by atoms with E-state index in [1.165, 1.54) is 0 Å². The number of nitrogens with one attached hydrogen (secondary N) is 1. The van der Waals surface area contributed by atoms with Crippen molar-refractivity contribution in [1.29, 1.82) is 0 Å². The summed E-state index contributed by atoms with van der Waals surface area (Å²) in [4.78, 5) is 34.2. The molecule has 0 saturated carbocycles. The second kappa shape index (κ2) is 8.56. The number of ether oxygens (including phenoxy) is 2. The molecular formula is C21H27N3O4. The fourth-order valence-corrected chi connectivity index (χ4v) is 3.29. The molecule has 7 nitrogen and oxygen atoms in total. The van der Waals surface area contributed by atoms with Gasteiger partial charge in [0.15, 0.2) is 0 Å². The zero-order valence-electron chi connectivity index (χ0n) is 16.9. The summed E-state index contributed by atoms with van der Waals surface area (Å²) < 4.78 is 10.9. The minimum absolute atomic E-state index is 0.120. The first-order chi connectivity index (χ1) is 13.4. The highest BCUT2D eigenvalue weighted by Crippen LogP contribution is 2.26. The van der Waals surface area contributed by atoms with Crippen LogP contribution in [0.15, 0.2) is 16.9 Å². The molecule has 150 valence electrons. The average Bonchev–Trinajstić information content (AvgIpc) is 2.68. The van der Waals surface area contributed by atoms with Crippen molar-refractivity contribution in [2.75, 3.05) is 31.2 Å². The lowest BCUT2D eigenvalue weighted by atomic mass is 10.1. The first-order valence-electron chi connectivity index (χ1n) is 9.56. The number of morpholine rings is 1. The summed E-state index contributed by atoms with van der Waals surface area (Å²) in [6.45, 7) is 10.3. The number of benzene rings is 1. The molecule has 0 aliphatic carbocycles. The van der Waals surface area contributed by atoms with E-state index >= 15 is 0 Å². The zero-order chi connectivity index (χ0) is 20.3. The highest BCUT2D eigenvalue weighted by molar-refractivity contribution is 5.73. The average molecular weight is 385 g/mol. The first-order valence-corrected chi connectivity index (χ1v) is 9.56. The Hall–Kier alpha value is -2.67. The van der Waals surface area contributed by atoms with Gasteiger partial charge in [0.05, 0.1) is 19.6 Å². The molecule has 1 fully saturated rings. The molecule has 1 aromatic heterocycles. The van der Waals surface area contributed by atoms with Crippen molar-refractivity contribution in [3.8, 4) is 5.75 Å². The summed E-state index contributed by atoms with van der Waals surface area (Å²) in [5, 5.41) is 0. The maximum Gasteiger partial charge on any atom is 0.311 e. The van der Waals surface area contributed by atoms with Crippen LogP contribution in [0.5, 0.6) is 5.75 Å². The lowest BCUT2D eigenvalue weighted by Crippen LogP contribution is -2.38. The van der Waals surface area contributed by atoms with Crippen LogP contribution in [0.3, 0.4) is 0 Å². The van der Waals surface area contributed by atoms with Crippen molar-refractivity contribution >= 4 is 11.9 Å². The van der Waals surface area contributed by atoms with Gasteiger partial charge < -0.3 is 14.4 Å². The third-order valence-corrected chi connectivity index (χ3v) is 5.19. The number of hydrogen-bond donors (Lipinski definition) is 1. The molecule has 0 amide bonds. The largest absolute Gasteiger partial charge is 0.426 e. The van der Waals surface area contributed by atoms with Gasteiger partial charge in [0.25, 0.3) is 5.56 Å².